The molecule has 1 fully saturated rings. The van der Waals surface area contributed by atoms with Crippen molar-refractivity contribution in [2.45, 2.75) is 13.5 Å². The highest BCUT2D eigenvalue weighted by Gasteiger charge is 2.24. The van der Waals surface area contributed by atoms with E-state index in [2.05, 4.69) is 4.74 Å². The third-order valence-electron chi connectivity index (χ3n) is 5.42. The summed E-state index contributed by atoms with van der Waals surface area (Å²) in [6, 6.07) is 15.0. The van der Waals surface area contributed by atoms with Crippen molar-refractivity contribution in [3.05, 3.63) is 79.2 Å². The van der Waals surface area contributed by atoms with Crippen LogP contribution in [-0.4, -0.2) is 48.3 Å². The smallest absolute Gasteiger partial charge is 0.387 e. The van der Waals surface area contributed by atoms with E-state index in [1.807, 2.05) is 25.1 Å². The van der Waals surface area contributed by atoms with Gasteiger partial charge in [-0.15, -0.1) is 11.3 Å². The van der Waals surface area contributed by atoms with E-state index in [4.69, 9.17) is 4.74 Å². The molecule has 10 heteroatoms. The molecule has 0 unspecified atom stereocenters. The number of rotatable bonds is 5. The summed E-state index contributed by atoms with van der Waals surface area (Å²) in [5.74, 6) is -0.461. The molecule has 2 heterocycles. The molecule has 1 saturated heterocycles. The van der Waals surface area contributed by atoms with Crippen molar-refractivity contribution in [2.24, 2.45) is 0 Å². The van der Waals surface area contributed by atoms with Gasteiger partial charge in [-0.25, -0.2) is 0 Å². The van der Waals surface area contributed by atoms with E-state index in [1.54, 1.807) is 35.2 Å². The van der Waals surface area contributed by atoms with Crippen molar-refractivity contribution in [3.63, 3.8) is 0 Å². The first-order valence-electron chi connectivity index (χ1n) is 10.7. The molecule has 1 aromatic heterocycles. The Morgan fingerprint density at radius 2 is 1.86 bits per heavy atom. The summed E-state index contributed by atoms with van der Waals surface area (Å²) in [4.78, 5) is 28.3. The maximum Gasteiger partial charge on any atom is 0.387 e. The number of para-hydroxylation sites is 1. The molecule has 4 rings (SSSR count). The zero-order valence-corrected chi connectivity index (χ0v) is 19.6. The number of aryl methyl sites for hydroxylation is 1. The Morgan fingerprint density at radius 3 is 2.49 bits per heavy atom. The number of benzene rings is 2. The number of ether oxygens (including phenoxy) is 2. The SMILES string of the molecule is Cc1ccccc1-n1c(=O)/c(=C\c2ccc(OC(F)F)cc2)s/c1=C(\C#N)C(=O)N1CCOCC1. The lowest BCUT2D eigenvalue weighted by Gasteiger charge is -2.26. The van der Waals surface area contributed by atoms with Crippen LogP contribution in [0.25, 0.3) is 17.3 Å². The minimum Gasteiger partial charge on any atom is -0.435 e. The molecule has 0 radical (unpaired) electrons. The lowest BCUT2D eigenvalue weighted by molar-refractivity contribution is -0.128. The molecule has 0 aliphatic carbocycles. The number of carbonyl (C=O) groups is 1. The number of hydrogen-bond acceptors (Lipinski definition) is 6. The fraction of sp³-hybridized carbons (Fsp3) is 0.240. The first-order valence-corrected chi connectivity index (χ1v) is 11.6. The van der Waals surface area contributed by atoms with E-state index in [0.717, 1.165) is 16.9 Å². The molecule has 0 atom stereocenters. The van der Waals surface area contributed by atoms with Gasteiger partial charge in [0.2, 0.25) is 0 Å². The third kappa shape index (κ3) is 5.31. The molecule has 7 nitrogen and oxygen atoms in total. The van der Waals surface area contributed by atoms with E-state index < -0.39 is 18.1 Å². The van der Waals surface area contributed by atoms with Gasteiger partial charge in [0, 0.05) is 13.1 Å². The van der Waals surface area contributed by atoms with Gasteiger partial charge in [0.05, 0.1) is 23.4 Å². The molecular formula is C25H21F2N3O4S. The minimum atomic E-state index is -2.94. The monoisotopic (exact) mass is 497 g/mol. The van der Waals surface area contributed by atoms with E-state index in [1.165, 1.54) is 16.7 Å². The Balaban J connectivity index is 1.92. The van der Waals surface area contributed by atoms with Gasteiger partial charge in [0.1, 0.15) is 16.5 Å². The number of aromatic nitrogens is 1. The van der Waals surface area contributed by atoms with E-state index in [-0.39, 0.29) is 20.5 Å². The minimum absolute atomic E-state index is 0.00227. The van der Waals surface area contributed by atoms with E-state index in [0.29, 0.717) is 37.6 Å². The summed E-state index contributed by atoms with van der Waals surface area (Å²) < 4.78 is 36.4. The Kier molecular flexibility index (Phi) is 7.39. The van der Waals surface area contributed by atoms with Crippen LogP contribution in [-0.2, 0) is 9.53 Å². The second-order valence-electron chi connectivity index (χ2n) is 7.68. The number of alkyl halides is 2. The molecule has 2 aromatic carbocycles. The molecule has 1 aliphatic heterocycles. The first-order chi connectivity index (χ1) is 16.9. The lowest BCUT2D eigenvalue weighted by atomic mass is 10.2. The van der Waals surface area contributed by atoms with Crippen molar-refractivity contribution in [2.75, 3.05) is 26.3 Å². The summed E-state index contributed by atoms with van der Waals surface area (Å²) in [7, 11) is 0. The lowest BCUT2D eigenvalue weighted by Crippen LogP contribution is -2.42. The van der Waals surface area contributed by atoms with Gasteiger partial charge in [0.25, 0.3) is 11.5 Å². The number of halogens is 2. The summed E-state index contributed by atoms with van der Waals surface area (Å²) in [5.41, 5.74) is 1.41. The molecule has 0 bridgehead atoms. The molecule has 1 amide bonds. The quantitative estimate of drug-likeness (QED) is 0.540. The highest BCUT2D eigenvalue weighted by molar-refractivity contribution is 7.07. The average Bonchev–Trinajstić information content (AvgIpc) is 3.16. The Morgan fingerprint density at radius 1 is 1.17 bits per heavy atom. The van der Waals surface area contributed by atoms with Crippen LogP contribution in [0.4, 0.5) is 8.78 Å². The zero-order valence-electron chi connectivity index (χ0n) is 18.7. The van der Waals surface area contributed by atoms with Crippen LogP contribution in [0.1, 0.15) is 11.1 Å². The van der Waals surface area contributed by atoms with Gasteiger partial charge in [0.15, 0.2) is 5.57 Å². The standard InChI is InChI=1S/C25H21F2N3O4S/c1-16-4-2-3-5-20(16)30-23(32)21(14-17-6-8-18(9-7-17)34-25(26)27)35-24(30)19(15-28)22(31)29-10-12-33-13-11-29/h2-9,14,25H,10-13H2,1H3/b21-14+,24-19+. The molecule has 0 N–H and O–H groups in total. The number of hydrogen-bond donors (Lipinski definition) is 0. The molecule has 3 aromatic rings. The fourth-order valence-corrected chi connectivity index (χ4v) is 4.78. The second-order valence-corrected chi connectivity index (χ2v) is 8.71. The van der Waals surface area contributed by atoms with Gasteiger partial charge in [-0.2, -0.15) is 14.0 Å². The maximum absolute atomic E-state index is 13.5. The van der Waals surface area contributed by atoms with Gasteiger partial charge >= 0.3 is 6.61 Å². The zero-order chi connectivity index (χ0) is 24.9. The molecule has 180 valence electrons. The number of amides is 1. The number of nitrogens with zero attached hydrogens (tertiary/aromatic N) is 3. The van der Waals surface area contributed by atoms with Crippen LogP contribution in [0, 0.1) is 18.3 Å². The summed E-state index contributed by atoms with van der Waals surface area (Å²) in [6.07, 6.45) is 1.59. The van der Waals surface area contributed by atoms with Crippen molar-refractivity contribution in [1.82, 2.24) is 9.47 Å². The predicted octanol–water partition coefficient (Wildman–Crippen LogP) is 2.17. The Hall–Kier alpha value is -3.81. The van der Waals surface area contributed by atoms with E-state index in [9.17, 15) is 23.6 Å². The van der Waals surface area contributed by atoms with Crippen molar-refractivity contribution >= 4 is 28.9 Å². The van der Waals surface area contributed by atoms with Crippen LogP contribution in [0.15, 0.2) is 53.3 Å². The van der Waals surface area contributed by atoms with Crippen LogP contribution >= 0.6 is 11.3 Å². The largest absolute Gasteiger partial charge is 0.435 e. The van der Waals surface area contributed by atoms with Crippen molar-refractivity contribution in [1.29, 1.82) is 5.26 Å². The number of carbonyl (C=O) groups excluding carboxylic acids is 1. The number of thiazole rings is 1. The summed E-state index contributed by atoms with van der Waals surface area (Å²) >= 11 is 1.03. The van der Waals surface area contributed by atoms with Crippen molar-refractivity contribution in [3.8, 4) is 17.5 Å². The maximum atomic E-state index is 13.5. The van der Waals surface area contributed by atoms with Gasteiger partial charge in [-0.3, -0.25) is 14.2 Å². The summed E-state index contributed by atoms with van der Waals surface area (Å²) in [6.45, 7) is 0.374. The normalized spacial score (nSPS) is 15.2. The van der Waals surface area contributed by atoms with Gasteiger partial charge in [-0.05, 0) is 42.3 Å². The van der Waals surface area contributed by atoms with Gasteiger partial charge in [-0.1, -0.05) is 30.3 Å². The van der Waals surface area contributed by atoms with Crippen molar-refractivity contribution < 1.29 is 23.0 Å². The summed E-state index contributed by atoms with van der Waals surface area (Å²) in [5, 5.41) is 9.95. The second kappa shape index (κ2) is 10.6. The molecule has 0 saturated carbocycles. The molecule has 1 aliphatic rings. The molecular weight excluding hydrogens is 476 g/mol. The highest BCUT2D eigenvalue weighted by Crippen LogP contribution is 2.16. The topological polar surface area (TPSA) is 84.6 Å². The Bertz CT molecular complexity index is 1450. The fourth-order valence-electron chi connectivity index (χ4n) is 3.69. The highest BCUT2D eigenvalue weighted by atomic mass is 32.1. The van der Waals surface area contributed by atoms with Crippen LogP contribution in [0.2, 0.25) is 0 Å². The molecule has 0 spiro atoms. The Labute approximate surface area is 203 Å². The average molecular weight is 498 g/mol. The molecule has 35 heavy (non-hydrogen) atoms. The number of nitriles is 1. The third-order valence-corrected chi connectivity index (χ3v) is 6.51. The van der Waals surface area contributed by atoms with Gasteiger partial charge < -0.3 is 14.4 Å². The van der Waals surface area contributed by atoms with E-state index >= 15 is 0 Å². The van der Waals surface area contributed by atoms with Crippen LogP contribution < -0.4 is 19.5 Å². The van der Waals surface area contributed by atoms with Crippen LogP contribution in [0.3, 0.4) is 0 Å². The van der Waals surface area contributed by atoms with Crippen LogP contribution in [0.5, 0.6) is 5.75 Å². The number of morpholine rings is 1. The predicted molar refractivity (Wildman–Crippen MR) is 127 cm³/mol. The first kappa shape index (κ1) is 24.3.